The van der Waals surface area contributed by atoms with Gasteiger partial charge in [-0.1, -0.05) is 41.4 Å². The summed E-state index contributed by atoms with van der Waals surface area (Å²) in [6.07, 6.45) is 0. The molecule has 0 saturated heterocycles. The third-order valence-electron chi connectivity index (χ3n) is 5.01. The van der Waals surface area contributed by atoms with Crippen LogP contribution in [0.25, 0.3) is 0 Å². The van der Waals surface area contributed by atoms with E-state index >= 15 is 0 Å². The number of rotatable bonds is 8. The third kappa shape index (κ3) is 5.60. The summed E-state index contributed by atoms with van der Waals surface area (Å²) in [5.41, 5.74) is 2.21. The SMILES string of the molecule is COc1ccc(N(CC(=O)N(C)Cc2ccc(Cl)cc2)S(=O)(=O)c2ccc(C)cc2)cc1. The van der Waals surface area contributed by atoms with Crippen molar-refractivity contribution in [3.8, 4) is 5.75 Å². The number of nitrogens with zero attached hydrogens (tertiary/aromatic N) is 2. The minimum atomic E-state index is -3.97. The Morgan fingerprint density at radius 1 is 0.938 bits per heavy atom. The lowest BCUT2D eigenvalue weighted by Crippen LogP contribution is -2.41. The number of anilines is 1. The van der Waals surface area contributed by atoms with E-state index in [9.17, 15) is 13.2 Å². The van der Waals surface area contributed by atoms with Gasteiger partial charge in [-0.3, -0.25) is 9.10 Å². The van der Waals surface area contributed by atoms with Crippen molar-refractivity contribution in [2.45, 2.75) is 18.4 Å². The van der Waals surface area contributed by atoms with Crippen molar-refractivity contribution in [3.05, 3.63) is 88.9 Å². The second-order valence-electron chi connectivity index (χ2n) is 7.40. The fourth-order valence-corrected chi connectivity index (χ4v) is 4.64. The number of ether oxygens (including phenoxy) is 1. The van der Waals surface area contributed by atoms with Gasteiger partial charge < -0.3 is 9.64 Å². The summed E-state index contributed by atoms with van der Waals surface area (Å²) in [4.78, 5) is 14.6. The Kier molecular flexibility index (Phi) is 7.43. The van der Waals surface area contributed by atoms with Crippen LogP contribution in [0.5, 0.6) is 5.75 Å². The minimum absolute atomic E-state index is 0.118. The first-order valence-corrected chi connectivity index (χ1v) is 11.7. The normalized spacial score (nSPS) is 11.1. The number of hydrogen-bond donors (Lipinski definition) is 0. The van der Waals surface area contributed by atoms with Crippen LogP contribution < -0.4 is 9.04 Å². The van der Waals surface area contributed by atoms with Crippen LogP contribution in [0, 0.1) is 6.92 Å². The van der Waals surface area contributed by atoms with Crippen LogP contribution in [0.1, 0.15) is 11.1 Å². The van der Waals surface area contributed by atoms with E-state index < -0.39 is 10.0 Å². The van der Waals surface area contributed by atoms with Gasteiger partial charge in [0.25, 0.3) is 10.0 Å². The molecule has 0 fully saturated rings. The zero-order chi connectivity index (χ0) is 23.3. The molecule has 0 spiro atoms. The highest BCUT2D eigenvalue weighted by Gasteiger charge is 2.28. The van der Waals surface area contributed by atoms with Gasteiger partial charge in [-0.2, -0.15) is 0 Å². The Balaban J connectivity index is 1.90. The van der Waals surface area contributed by atoms with Crippen LogP contribution >= 0.6 is 11.6 Å². The van der Waals surface area contributed by atoms with E-state index in [0.29, 0.717) is 23.0 Å². The molecule has 0 atom stereocenters. The second kappa shape index (κ2) is 10.1. The van der Waals surface area contributed by atoms with Crippen molar-refractivity contribution in [2.75, 3.05) is 25.0 Å². The molecule has 0 N–H and O–H groups in total. The Labute approximate surface area is 194 Å². The largest absolute Gasteiger partial charge is 0.497 e. The number of halogens is 1. The summed E-state index contributed by atoms with van der Waals surface area (Å²) in [6.45, 7) is 1.87. The number of carbonyl (C=O) groups is 1. The van der Waals surface area contributed by atoms with Gasteiger partial charge in [-0.15, -0.1) is 0 Å². The molecule has 8 heteroatoms. The van der Waals surface area contributed by atoms with Gasteiger partial charge in [-0.25, -0.2) is 8.42 Å². The number of hydrogen-bond acceptors (Lipinski definition) is 4. The van der Waals surface area contributed by atoms with Gasteiger partial charge in [0.2, 0.25) is 5.91 Å². The minimum Gasteiger partial charge on any atom is -0.497 e. The van der Waals surface area contributed by atoms with Crippen LogP contribution in [0.15, 0.2) is 77.7 Å². The number of aryl methyl sites for hydroxylation is 1. The molecule has 0 aliphatic heterocycles. The van der Waals surface area contributed by atoms with E-state index in [4.69, 9.17) is 16.3 Å². The van der Waals surface area contributed by atoms with E-state index in [0.717, 1.165) is 15.4 Å². The van der Waals surface area contributed by atoms with E-state index in [-0.39, 0.29) is 17.3 Å². The molecule has 3 aromatic carbocycles. The van der Waals surface area contributed by atoms with Crippen LogP contribution in [0.4, 0.5) is 5.69 Å². The maximum Gasteiger partial charge on any atom is 0.264 e. The molecule has 0 radical (unpaired) electrons. The van der Waals surface area contributed by atoms with Crippen LogP contribution in [-0.4, -0.2) is 39.9 Å². The van der Waals surface area contributed by atoms with Gasteiger partial charge in [0, 0.05) is 18.6 Å². The van der Waals surface area contributed by atoms with Crippen molar-refractivity contribution in [2.24, 2.45) is 0 Å². The van der Waals surface area contributed by atoms with Crippen LogP contribution in [-0.2, 0) is 21.4 Å². The first-order valence-electron chi connectivity index (χ1n) is 9.92. The Bertz CT molecular complexity index is 1160. The molecule has 168 valence electrons. The molecule has 3 rings (SSSR count). The smallest absolute Gasteiger partial charge is 0.264 e. The Morgan fingerprint density at radius 2 is 1.53 bits per heavy atom. The molecule has 1 amide bonds. The monoisotopic (exact) mass is 472 g/mol. The lowest BCUT2D eigenvalue weighted by molar-refractivity contribution is -0.128. The predicted molar refractivity (Wildman–Crippen MR) is 127 cm³/mol. The number of methoxy groups -OCH3 is 1. The summed E-state index contributed by atoms with van der Waals surface area (Å²) in [5, 5.41) is 0.609. The molecule has 0 aliphatic rings. The number of sulfonamides is 1. The number of amides is 1. The standard InChI is InChI=1S/C24H25ClN2O4S/c1-18-4-14-23(15-5-18)32(29,30)27(21-10-12-22(31-3)13-11-21)17-24(28)26(2)16-19-6-8-20(25)9-7-19/h4-15H,16-17H2,1-3H3. The summed E-state index contributed by atoms with van der Waals surface area (Å²) in [6, 6.07) is 20.3. The Hall–Kier alpha value is -3.03. The highest BCUT2D eigenvalue weighted by atomic mass is 35.5. The van der Waals surface area contributed by atoms with Crippen molar-refractivity contribution in [1.82, 2.24) is 4.90 Å². The zero-order valence-corrected chi connectivity index (χ0v) is 19.7. The van der Waals surface area contributed by atoms with Gasteiger partial charge in [0.15, 0.2) is 0 Å². The topological polar surface area (TPSA) is 66.9 Å². The van der Waals surface area contributed by atoms with E-state index in [1.165, 1.54) is 12.0 Å². The number of likely N-dealkylation sites (N-methyl/N-ethyl adjacent to an activating group) is 1. The number of benzene rings is 3. The summed E-state index contributed by atoms with van der Waals surface area (Å²) in [5.74, 6) is 0.249. The zero-order valence-electron chi connectivity index (χ0n) is 18.2. The quantitative estimate of drug-likeness (QED) is 0.483. The number of carbonyl (C=O) groups excluding carboxylic acids is 1. The summed E-state index contributed by atoms with van der Waals surface area (Å²) < 4.78 is 33.2. The molecular weight excluding hydrogens is 448 g/mol. The maximum atomic E-state index is 13.5. The molecule has 6 nitrogen and oxygen atoms in total. The van der Waals surface area contributed by atoms with E-state index in [1.54, 1.807) is 67.7 Å². The molecule has 0 unspecified atom stereocenters. The second-order valence-corrected chi connectivity index (χ2v) is 9.70. The van der Waals surface area contributed by atoms with Crippen molar-refractivity contribution in [1.29, 1.82) is 0 Å². The fourth-order valence-electron chi connectivity index (χ4n) is 3.10. The maximum absolute atomic E-state index is 13.5. The molecule has 0 bridgehead atoms. The molecule has 0 aliphatic carbocycles. The lowest BCUT2D eigenvalue weighted by atomic mass is 10.2. The first-order chi connectivity index (χ1) is 15.2. The Morgan fingerprint density at radius 3 is 2.09 bits per heavy atom. The van der Waals surface area contributed by atoms with Crippen molar-refractivity contribution < 1.29 is 17.9 Å². The summed E-state index contributed by atoms with van der Waals surface area (Å²) in [7, 11) is -0.797. The van der Waals surface area contributed by atoms with Gasteiger partial charge in [0.05, 0.1) is 17.7 Å². The highest BCUT2D eigenvalue weighted by Crippen LogP contribution is 2.26. The molecular formula is C24H25ClN2O4S. The predicted octanol–water partition coefficient (Wildman–Crippen LogP) is 4.51. The third-order valence-corrected chi connectivity index (χ3v) is 7.05. The molecule has 3 aromatic rings. The van der Waals surface area contributed by atoms with E-state index in [1.807, 2.05) is 19.1 Å². The summed E-state index contributed by atoms with van der Waals surface area (Å²) >= 11 is 5.92. The van der Waals surface area contributed by atoms with Gasteiger partial charge in [0.1, 0.15) is 12.3 Å². The fraction of sp³-hybridized carbons (Fsp3) is 0.208. The van der Waals surface area contributed by atoms with Crippen LogP contribution in [0.3, 0.4) is 0 Å². The molecule has 0 heterocycles. The van der Waals surface area contributed by atoms with Gasteiger partial charge >= 0.3 is 0 Å². The molecule has 32 heavy (non-hydrogen) atoms. The van der Waals surface area contributed by atoms with Crippen molar-refractivity contribution in [3.63, 3.8) is 0 Å². The van der Waals surface area contributed by atoms with E-state index in [2.05, 4.69) is 0 Å². The highest BCUT2D eigenvalue weighted by molar-refractivity contribution is 7.92. The average Bonchev–Trinajstić information content (AvgIpc) is 2.79. The molecule has 0 saturated carbocycles. The van der Waals surface area contributed by atoms with Gasteiger partial charge in [-0.05, 0) is 61.0 Å². The first kappa shape index (κ1) is 23.6. The molecule has 0 aromatic heterocycles. The van der Waals surface area contributed by atoms with Crippen molar-refractivity contribution >= 4 is 33.2 Å². The average molecular weight is 473 g/mol. The lowest BCUT2D eigenvalue weighted by Gasteiger charge is -2.27. The van der Waals surface area contributed by atoms with Crippen LogP contribution in [0.2, 0.25) is 5.02 Å².